The zero-order chi connectivity index (χ0) is 18.3. The normalized spacial score (nSPS) is 12.6. The lowest BCUT2D eigenvalue weighted by molar-refractivity contribution is 0.0152. The molecule has 24 heavy (non-hydrogen) atoms. The lowest BCUT2D eigenvalue weighted by Gasteiger charge is -2.32. The number of aromatic nitrogens is 1. The summed E-state index contributed by atoms with van der Waals surface area (Å²) in [5.74, 6) is -0.436. The van der Waals surface area contributed by atoms with E-state index in [0.29, 0.717) is 19.6 Å². The summed E-state index contributed by atoms with van der Waals surface area (Å²) in [6.45, 7) is 12.2. The van der Waals surface area contributed by atoms with E-state index in [0.717, 1.165) is 11.4 Å². The number of hydrogen-bond donors (Lipinski definition) is 0. The third-order valence-electron chi connectivity index (χ3n) is 3.15. The molecule has 0 aliphatic heterocycles. The van der Waals surface area contributed by atoms with Crippen LogP contribution >= 0.6 is 11.3 Å². The minimum Gasteiger partial charge on any atom is -0.461 e. The first kappa shape index (κ1) is 20.4. The van der Waals surface area contributed by atoms with E-state index in [4.69, 9.17) is 9.47 Å². The highest BCUT2D eigenvalue weighted by Crippen LogP contribution is 2.29. The van der Waals surface area contributed by atoms with Gasteiger partial charge < -0.3 is 9.47 Å². The van der Waals surface area contributed by atoms with Crippen LogP contribution in [0.15, 0.2) is 5.38 Å². The van der Waals surface area contributed by atoms with Crippen molar-refractivity contribution >= 4 is 23.4 Å². The number of carbonyl (C=O) groups excluding carboxylic acids is 2. The average molecular weight is 356 g/mol. The maximum atomic E-state index is 12.6. The first-order valence-corrected chi connectivity index (χ1v) is 9.23. The molecule has 6 nitrogen and oxygen atoms in total. The molecule has 0 fully saturated rings. The predicted molar refractivity (Wildman–Crippen MR) is 94.3 cm³/mol. The maximum Gasteiger partial charge on any atom is 0.410 e. The van der Waals surface area contributed by atoms with Gasteiger partial charge >= 0.3 is 12.1 Å². The molecule has 1 heterocycles. The fourth-order valence-corrected chi connectivity index (χ4v) is 3.19. The summed E-state index contributed by atoms with van der Waals surface area (Å²) in [7, 11) is 0. The highest BCUT2D eigenvalue weighted by atomic mass is 32.1. The quantitative estimate of drug-likeness (QED) is 0.677. The second-order valence-electron chi connectivity index (χ2n) is 6.39. The molecular formula is C17H28N2O4S. The van der Waals surface area contributed by atoms with Crippen molar-refractivity contribution in [3.8, 4) is 0 Å². The minimum atomic E-state index is -0.555. The fraction of sp³-hybridized carbons (Fsp3) is 0.706. The van der Waals surface area contributed by atoms with Gasteiger partial charge in [0.25, 0.3) is 0 Å². The van der Waals surface area contributed by atoms with Crippen LogP contribution in [-0.2, 0) is 9.47 Å². The Labute approximate surface area is 148 Å². The topological polar surface area (TPSA) is 68.7 Å². The molecule has 136 valence electrons. The van der Waals surface area contributed by atoms with Gasteiger partial charge in [0.05, 0.1) is 12.6 Å². The molecule has 0 bridgehead atoms. The molecule has 0 N–H and O–H groups in total. The lowest BCUT2D eigenvalue weighted by atomic mass is 10.2. The van der Waals surface area contributed by atoms with Crippen molar-refractivity contribution in [1.29, 1.82) is 0 Å². The SMILES string of the molecule is CCCN(C(=O)OC(C)(C)C)[C@@H](CC)c1nc(C(=O)OCC)cs1. The van der Waals surface area contributed by atoms with Crippen LogP contribution in [0.4, 0.5) is 4.79 Å². The van der Waals surface area contributed by atoms with E-state index in [1.165, 1.54) is 11.3 Å². The molecule has 0 saturated heterocycles. The molecule has 1 aromatic rings. The molecule has 1 amide bonds. The zero-order valence-corrected chi connectivity index (χ0v) is 16.2. The molecule has 0 aromatic carbocycles. The summed E-state index contributed by atoms with van der Waals surface area (Å²) in [6.07, 6.45) is 1.14. The van der Waals surface area contributed by atoms with Crippen molar-refractivity contribution in [2.45, 2.75) is 66.0 Å². The van der Waals surface area contributed by atoms with Crippen LogP contribution in [0, 0.1) is 0 Å². The van der Waals surface area contributed by atoms with Crippen molar-refractivity contribution in [2.24, 2.45) is 0 Å². The second kappa shape index (κ2) is 9.01. The van der Waals surface area contributed by atoms with E-state index in [1.54, 1.807) is 17.2 Å². The summed E-state index contributed by atoms with van der Waals surface area (Å²) >= 11 is 1.36. The number of rotatable bonds is 7. The number of nitrogens with zero attached hydrogens (tertiary/aromatic N) is 2. The molecule has 0 saturated carbocycles. The smallest absolute Gasteiger partial charge is 0.410 e. The highest BCUT2D eigenvalue weighted by Gasteiger charge is 2.30. The van der Waals surface area contributed by atoms with Crippen LogP contribution in [-0.4, -0.2) is 40.7 Å². The highest BCUT2D eigenvalue weighted by molar-refractivity contribution is 7.09. The van der Waals surface area contributed by atoms with Gasteiger partial charge in [-0.25, -0.2) is 14.6 Å². The third-order valence-corrected chi connectivity index (χ3v) is 4.09. The van der Waals surface area contributed by atoms with E-state index in [2.05, 4.69) is 4.98 Å². The van der Waals surface area contributed by atoms with E-state index in [1.807, 2.05) is 34.6 Å². The molecular weight excluding hydrogens is 328 g/mol. The van der Waals surface area contributed by atoms with Gasteiger partial charge in [-0.1, -0.05) is 13.8 Å². The van der Waals surface area contributed by atoms with Crippen LogP contribution in [0.1, 0.15) is 75.9 Å². The Morgan fingerprint density at radius 3 is 2.46 bits per heavy atom. The van der Waals surface area contributed by atoms with Gasteiger partial charge in [0, 0.05) is 11.9 Å². The van der Waals surface area contributed by atoms with Gasteiger partial charge in [-0.3, -0.25) is 4.90 Å². The van der Waals surface area contributed by atoms with Gasteiger partial charge in [-0.2, -0.15) is 0 Å². The van der Waals surface area contributed by atoms with Crippen LogP contribution in [0.2, 0.25) is 0 Å². The Morgan fingerprint density at radius 1 is 1.29 bits per heavy atom. The van der Waals surface area contributed by atoms with Crippen LogP contribution in [0.25, 0.3) is 0 Å². The maximum absolute atomic E-state index is 12.6. The Bertz CT molecular complexity index is 551. The first-order valence-electron chi connectivity index (χ1n) is 8.35. The van der Waals surface area contributed by atoms with Crippen molar-refractivity contribution in [3.05, 3.63) is 16.1 Å². The Morgan fingerprint density at radius 2 is 1.96 bits per heavy atom. The number of ether oxygens (including phenoxy) is 2. The van der Waals surface area contributed by atoms with Gasteiger partial charge in [0.2, 0.25) is 0 Å². The van der Waals surface area contributed by atoms with Gasteiger partial charge in [0.15, 0.2) is 5.69 Å². The molecule has 0 radical (unpaired) electrons. The molecule has 1 atom stereocenters. The largest absolute Gasteiger partial charge is 0.461 e. The standard InChI is InChI=1S/C17H28N2O4S/c1-7-10-19(16(21)23-17(4,5)6)13(8-2)14-18-12(11-24-14)15(20)22-9-3/h11,13H,7-10H2,1-6H3/t13-/m0/s1. The number of amides is 1. The minimum absolute atomic E-state index is 0.215. The van der Waals surface area contributed by atoms with Crippen molar-refractivity contribution in [2.75, 3.05) is 13.2 Å². The van der Waals surface area contributed by atoms with Gasteiger partial charge in [-0.15, -0.1) is 11.3 Å². The monoisotopic (exact) mass is 356 g/mol. The van der Waals surface area contributed by atoms with Gasteiger partial charge in [-0.05, 0) is 40.5 Å². The summed E-state index contributed by atoms with van der Waals surface area (Å²) in [6, 6.07) is -0.215. The van der Waals surface area contributed by atoms with E-state index in [9.17, 15) is 9.59 Å². The van der Waals surface area contributed by atoms with E-state index in [-0.39, 0.29) is 17.8 Å². The number of thiazole rings is 1. The van der Waals surface area contributed by atoms with Gasteiger partial charge in [0.1, 0.15) is 10.6 Å². The Hall–Kier alpha value is -1.63. The van der Waals surface area contributed by atoms with E-state index >= 15 is 0 Å². The fourth-order valence-electron chi connectivity index (χ4n) is 2.20. The molecule has 0 aliphatic carbocycles. The zero-order valence-electron chi connectivity index (χ0n) is 15.4. The Kier molecular flexibility index (Phi) is 7.66. The van der Waals surface area contributed by atoms with E-state index < -0.39 is 11.6 Å². The van der Waals surface area contributed by atoms with Crippen LogP contribution in [0.5, 0.6) is 0 Å². The molecule has 0 unspecified atom stereocenters. The Balaban J connectivity index is 3.02. The number of esters is 1. The third kappa shape index (κ3) is 5.78. The van der Waals surface area contributed by atoms with Crippen molar-refractivity contribution in [1.82, 2.24) is 9.88 Å². The molecule has 0 aliphatic rings. The van der Waals surface area contributed by atoms with Crippen molar-refractivity contribution in [3.63, 3.8) is 0 Å². The first-order chi connectivity index (χ1) is 11.2. The lowest BCUT2D eigenvalue weighted by Crippen LogP contribution is -2.39. The molecule has 0 spiro atoms. The molecule has 1 rings (SSSR count). The van der Waals surface area contributed by atoms with Crippen LogP contribution < -0.4 is 0 Å². The average Bonchev–Trinajstić information content (AvgIpc) is 2.95. The summed E-state index contributed by atoms with van der Waals surface area (Å²) < 4.78 is 10.5. The summed E-state index contributed by atoms with van der Waals surface area (Å²) in [5.41, 5.74) is -0.267. The summed E-state index contributed by atoms with van der Waals surface area (Å²) in [4.78, 5) is 30.4. The number of hydrogen-bond acceptors (Lipinski definition) is 6. The number of carbonyl (C=O) groups is 2. The molecule has 7 heteroatoms. The summed E-state index contributed by atoms with van der Waals surface area (Å²) in [5, 5.41) is 2.40. The van der Waals surface area contributed by atoms with Crippen molar-refractivity contribution < 1.29 is 19.1 Å². The molecule has 1 aromatic heterocycles. The van der Waals surface area contributed by atoms with Crippen LogP contribution in [0.3, 0.4) is 0 Å². The second-order valence-corrected chi connectivity index (χ2v) is 7.28. The predicted octanol–water partition coefficient (Wildman–Crippen LogP) is 4.42.